The fourth-order valence-electron chi connectivity index (χ4n) is 4.39. The standard InChI is InChI=1S/C28H35N3O4/c1-3-16-33-21-23(32)18-31(19-25-15-10-17-34-25)20-26-27(22-11-6-4-7-12-22)29-30(2)28(26)35-24-13-8-5-9-14-24/h3-9,11-14,23,25,32H,1,10,15-21H2,2H3/t23-,25+/m1/s1. The topological polar surface area (TPSA) is 69.0 Å². The van der Waals surface area contributed by atoms with Crippen LogP contribution in [0.15, 0.2) is 73.3 Å². The van der Waals surface area contributed by atoms with Crippen molar-refractivity contribution in [3.8, 4) is 22.9 Å². The predicted molar refractivity (Wildman–Crippen MR) is 136 cm³/mol. The van der Waals surface area contributed by atoms with Crippen molar-refractivity contribution in [3.63, 3.8) is 0 Å². The third kappa shape index (κ3) is 7.02. The summed E-state index contributed by atoms with van der Waals surface area (Å²) in [4.78, 5) is 2.22. The molecule has 4 rings (SSSR count). The van der Waals surface area contributed by atoms with E-state index in [9.17, 15) is 5.11 Å². The number of aromatic nitrogens is 2. The molecule has 7 heteroatoms. The number of aryl methyl sites for hydroxylation is 1. The average molecular weight is 478 g/mol. The number of benzene rings is 2. The fourth-order valence-corrected chi connectivity index (χ4v) is 4.39. The number of ether oxygens (including phenoxy) is 3. The van der Waals surface area contributed by atoms with Crippen LogP contribution >= 0.6 is 0 Å². The van der Waals surface area contributed by atoms with Gasteiger partial charge >= 0.3 is 0 Å². The molecule has 7 nitrogen and oxygen atoms in total. The molecule has 0 unspecified atom stereocenters. The zero-order valence-electron chi connectivity index (χ0n) is 20.4. The van der Waals surface area contributed by atoms with E-state index in [-0.39, 0.29) is 12.7 Å². The van der Waals surface area contributed by atoms with Gasteiger partial charge in [-0.3, -0.25) is 4.90 Å². The first-order valence-corrected chi connectivity index (χ1v) is 12.2. The summed E-state index contributed by atoms with van der Waals surface area (Å²) in [5, 5.41) is 15.5. The molecule has 1 aromatic heterocycles. The second-order valence-corrected chi connectivity index (χ2v) is 8.85. The van der Waals surface area contributed by atoms with E-state index < -0.39 is 6.10 Å². The summed E-state index contributed by atoms with van der Waals surface area (Å²) in [6, 6.07) is 19.9. The Morgan fingerprint density at radius 2 is 1.94 bits per heavy atom. The summed E-state index contributed by atoms with van der Waals surface area (Å²) in [6.07, 6.45) is 3.28. The Morgan fingerprint density at radius 3 is 2.63 bits per heavy atom. The highest BCUT2D eigenvalue weighted by atomic mass is 16.5. The van der Waals surface area contributed by atoms with Crippen LogP contribution in [0.1, 0.15) is 18.4 Å². The SMILES string of the molecule is C=CCOC[C@H](O)CN(Cc1c(-c2ccccc2)nn(C)c1Oc1ccccc1)C[C@@H]1CCCO1. The summed E-state index contributed by atoms with van der Waals surface area (Å²) in [5.74, 6) is 1.43. The molecule has 1 N–H and O–H groups in total. The van der Waals surface area contributed by atoms with E-state index in [1.807, 2.05) is 55.6 Å². The van der Waals surface area contributed by atoms with E-state index in [4.69, 9.17) is 19.3 Å². The molecule has 3 aromatic rings. The first-order chi connectivity index (χ1) is 17.1. The van der Waals surface area contributed by atoms with Gasteiger partial charge in [0.25, 0.3) is 0 Å². The van der Waals surface area contributed by atoms with Gasteiger partial charge < -0.3 is 19.3 Å². The van der Waals surface area contributed by atoms with Gasteiger partial charge in [-0.2, -0.15) is 5.10 Å². The number of nitrogens with zero attached hydrogens (tertiary/aromatic N) is 3. The van der Waals surface area contributed by atoms with Crippen LogP contribution < -0.4 is 4.74 Å². The lowest BCUT2D eigenvalue weighted by Crippen LogP contribution is -2.39. The summed E-state index contributed by atoms with van der Waals surface area (Å²) in [6.45, 7) is 6.84. The van der Waals surface area contributed by atoms with Crippen molar-refractivity contribution in [1.29, 1.82) is 0 Å². The fraction of sp³-hybridized carbons (Fsp3) is 0.393. The van der Waals surface area contributed by atoms with Crippen LogP contribution in [0.2, 0.25) is 0 Å². The van der Waals surface area contributed by atoms with E-state index in [0.29, 0.717) is 32.1 Å². The maximum atomic E-state index is 10.7. The first-order valence-electron chi connectivity index (χ1n) is 12.2. The summed E-state index contributed by atoms with van der Waals surface area (Å²) < 4.78 is 19.6. The van der Waals surface area contributed by atoms with E-state index in [2.05, 4.69) is 23.6 Å². The van der Waals surface area contributed by atoms with Gasteiger partial charge in [-0.05, 0) is 25.0 Å². The third-order valence-corrected chi connectivity index (χ3v) is 5.98. The molecule has 1 fully saturated rings. The molecule has 1 aliphatic rings. The van der Waals surface area contributed by atoms with Crippen molar-refractivity contribution < 1.29 is 19.3 Å². The monoisotopic (exact) mass is 477 g/mol. The highest BCUT2D eigenvalue weighted by Gasteiger charge is 2.26. The van der Waals surface area contributed by atoms with Gasteiger partial charge in [-0.15, -0.1) is 6.58 Å². The Bertz CT molecular complexity index is 1050. The smallest absolute Gasteiger partial charge is 0.222 e. The molecule has 0 aliphatic carbocycles. The molecular weight excluding hydrogens is 442 g/mol. The highest BCUT2D eigenvalue weighted by Crippen LogP contribution is 2.34. The maximum Gasteiger partial charge on any atom is 0.222 e. The number of hydrogen-bond donors (Lipinski definition) is 1. The minimum Gasteiger partial charge on any atom is -0.439 e. The second kappa shape index (κ2) is 12.7. The molecule has 186 valence electrons. The zero-order chi connectivity index (χ0) is 24.5. The van der Waals surface area contributed by atoms with Crippen molar-refractivity contribution in [3.05, 3.63) is 78.9 Å². The quantitative estimate of drug-likeness (QED) is 0.290. The van der Waals surface area contributed by atoms with E-state index in [1.54, 1.807) is 10.8 Å². The van der Waals surface area contributed by atoms with Gasteiger partial charge in [0.2, 0.25) is 5.88 Å². The van der Waals surface area contributed by atoms with Gasteiger partial charge in [0.15, 0.2) is 0 Å². The lowest BCUT2D eigenvalue weighted by atomic mass is 10.1. The number of para-hydroxylation sites is 1. The van der Waals surface area contributed by atoms with Crippen molar-refractivity contribution in [2.75, 3.05) is 32.9 Å². The Labute approximate surface area is 207 Å². The highest BCUT2D eigenvalue weighted by molar-refractivity contribution is 5.65. The molecule has 0 saturated carbocycles. The molecule has 1 aliphatic heterocycles. The van der Waals surface area contributed by atoms with Crippen molar-refractivity contribution in [2.45, 2.75) is 31.6 Å². The summed E-state index contributed by atoms with van der Waals surface area (Å²) in [5.41, 5.74) is 2.86. The lowest BCUT2D eigenvalue weighted by molar-refractivity contribution is 0.00845. The Balaban J connectivity index is 1.64. The molecule has 0 bridgehead atoms. The third-order valence-electron chi connectivity index (χ3n) is 5.98. The van der Waals surface area contributed by atoms with E-state index in [0.717, 1.165) is 42.0 Å². The summed E-state index contributed by atoms with van der Waals surface area (Å²) >= 11 is 0. The Hall–Kier alpha value is -2.97. The van der Waals surface area contributed by atoms with Crippen molar-refractivity contribution >= 4 is 0 Å². The van der Waals surface area contributed by atoms with Gasteiger partial charge in [0.1, 0.15) is 11.4 Å². The zero-order valence-corrected chi connectivity index (χ0v) is 20.4. The predicted octanol–water partition coefficient (Wildman–Crippen LogP) is 4.42. The number of rotatable bonds is 13. The largest absolute Gasteiger partial charge is 0.439 e. The van der Waals surface area contributed by atoms with Crippen LogP contribution in [0.3, 0.4) is 0 Å². The Morgan fingerprint density at radius 1 is 1.20 bits per heavy atom. The normalized spacial score (nSPS) is 16.5. The van der Waals surface area contributed by atoms with Gasteiger partial charge in [-0.25, -0.2) is 4.68 Å². The van der Waals surface area contributed by atoms with Crippen LogP contribution in [0, 0.1) is 0 Å². The first kappa shape index (κ1) is 25.1. The number of aliphatic hydroxyl groups excluding tert-OH is 1. The molecule has 2 aromatic carbocycles. The maximum absolute atomic E-state index is 10.7. The molecule has 2 atom stereocenters. The van der Waals surface area contributed by atoms with Crippen LogP contribution in [0.4, 0.5) is 0 Å². The van der Waals surface area contributed by atoms with E-state index >= 15 is 0 Å². The number of aliphatic hydroxyl groups is 1. The minimum atomic E-state index is -0.633. The van der Waals surface area contributed by atoms with Crippen LogP contribution in [0.25, 0.3) is 11.3 Å². The van der Waals surface area contributed by atoms with Gasteiger partial charge in [0, 0.05) is 38.9 Å². The molecule has 1 saturated heterocycles. The molecule has 2 heterocycles. The molecule has 35 heavy (non-hydrogen) atoms. The van der Waals surface area contributed by atoms with Crippen LogP contribution in [-0.4, -0.2) is 64.9 Å². The van der Waals surface area contributed by atoms with Gasteiger partial charge in [0.05, 0.1) is 31.0 Å². The van der Waals surface area contributed by atoms with Crippen molar-refractivity contribution in [1.82, 2.24) is 14.7 Å². The second-order valence-electron chi connectivity index (χ2n) is 8.85. The summed E-state index contributed by atoms with van der Waals surface area (Å²) in [7, 11) is 1.90. The van der Waals surface area contributed by atoms with Crippen LogP contribution in [-0.2, 0) is 23.1 Å². The molecule has 0 radical (unpaired) electrons. The lowest BCUT2D eigenvalue weighted by Gasteiger charge is -2.27. The molecule has 0 spiro atoms. The molecular formula is C28H35N3O4. The minimum absolute atomic E-state index is 0.145. The number of hydrogen-bond acceptors (Lipinski definition) is 6. The van der Waals surface area contributed by atoms with E-state index in [1.165, 1.54) is 0 Å². The average Bonchev–Trinajstić information content (AvgIpc) is 3.49. The Kier molecular flexibility index (Phi) is 9.08. The molecule has 0 amide bonds. The van der Waals surface area contributed by atoms with Crippen LogP contribution in [0.5, 0.6) is 11.6 Å². The van der Waals surface area contributed by atoms with Gasteiger partial charge in [-0.1, -0.05) is 54.6 Å². The van der Waals surface area contributed by atoms with Crippen molar-refractivity contribution in [2.24, 2.45) is 7.05 Å².